The van der Waals surface area contributed by atoms with E-state index in [0.717, 1.165) is 25.9 Å². The number of hydrogen-bond acceptors (Lipinski definition) is 9. The molecule has 4 rings (SSSR count). The third kappa shape index (κ3) is 7.96. The third-order valence-electron chi connectivity index (χ3n) is 5.74. The van der Waals surface area contributed by atoms with E-state index in [4.69, 9.17) is 4.74 Å². The second-order valence-electron chi connectivity index (χ2n) is 10.4. The molecule has 3 heterocycles. The summed E-state index contributed by atoms with van der Waals surface area (Å²) in [6, 6.07) is 16.7. The molecule has 0 bridgehead atoms. The number of thiazole rings is 1. The van der Waals surface area contributed by atoms with E-state index in [2.05, 4.69) is 15.0 Å². The summed E-state index contributed by atoms with van der Waals surface area (Å²) in [5.74, 6) is -1.24. The lowest BCUT2D eigenvalue weighted by Crippen LogP contribution is -2.40. The standard InChI is InChI=1S/C29H31N5O6S2/c1-20-16-31-27(41-20)22-13-11-21(12-14-22)17-33(42(38,39)25-10-5-6-15-30-25)18-23-8-7-9-24(32-23)34(19-26(35)36)28(37)40-29(2,3)4/h5-16H,17-19H2,1-4H3,(H,35,36). The molecule has 0 spiro atoms. The van der Waals surface area contributed by atoms with Gasteiger partial charge in [-0.15, -0.1) is 11.3 Å². The molecule has 0 aliphatic carbocycles. The number of anilines is 1. The van der Waals surface area contributed by atoms with Gasteiger partial charge in [-0.3, -0.25) is 9.69 Å². The van der Waals surface area contributed by atoms with Gasteiger partial charge in [0.25, 0.3) is 10.0 Å². The Labute approximate surface area is 248 Å². The maximum absolute atomic E-state index is 13.7. The van der Waals surface area contributed by atoms with Gasteiger partial charge in [0.05, 0.1) is 12.2 Å². The fourth-order valence-corrected chi connectivity index (χ4v) is 5.98. The number of carbonyl (C=O) groups is 2. The molecule has 0 aliphatic heterocycles. The quantitative estimate of drug-likeness (QED) is 0.259. The lowest BCUT2D eigenvalue weighted by atomic mass is 10.1. The molecule has 0 aliphatic rings. The van der Waals surface area contributed by atoms with Crippen LogP contribution in [0, 0.1) is 6.92 Å². The summed E-state index contributed by atoms with van der Waals surface area (Å²) >= 11 is 1.57. The van der Waals surface area contributed by atoms with Crippen LogP contribution in [-0.4, -0.2) is 57.0 Å². The molecular weight excluding hydrogens is 578 g/mol. The number of ether oxygens (including phenoxy) is 1. The maximum atomic E-state index is 13.7. The Kier molecular flexibility index (Phi) is 9.34. The van der Waals surface area contributed by atoms with E-state index in [-0.39, 0.29) is 23.9 Å². The number of sulfonamides is 1. The van der Waals surface area contributed by atoms with Crippen LogP contribution in [0.3, 0.4) is 0 Å². The van der Waals surface area contributed by atoms with Crippen LogP contribution in [-0.2, 0) is 32.6 Å². The van der Waals surface area contributed by atoms with Crippen molar-refractivity contribution >= 4 is 39.2 Å². The number of benzene rings is 1. The third-order valence-corrected chi connectivity index (χ3v) is 8.41. The van der Waals surface area contributed by atoms with Crippen LogP contribution in [0.1, 0.15) is 36.9 Å². The Bertz CT molecular complexity index is 1650. The normalized spacial score (nSPS) is 11.8. The van der Waals surface area contributed by atoms with Gasteiger partial charge in [-0.2, -0.15) is 4.31 Å². The second-order valence-corrected chi connectivity index (χ2v) is 13.5. The minimum Gasteiger partial charge on any atom is -0.480 e. The lowest BCUT2D eigenvalue weighted by Gasteiger charge is -2.26. The molecular formula is C29H31N5O6S2. The van der Waals surface area contributed by atoms with E-state index < -0.39 is 34.2 Å². The number of rotatable bonds is 10. The van der Waals surface area contributed by atoms with E-state index in [1.165, 1.54) is 22.6 Å². The molecule has 1 N–H and O–H groups in total. The number of carboxylic acid groups (broad SMARTS) is 1. The number of aryl methyl sites for hydroxylation is 1. The number of amides is 1. The minimum atomic E-state index is -4.08. The Morgan fingerprint density at radius 1 is 0.976 bits per heavy atom. The zero-order valence-electron chi connectivity index (χ0n) is 23.6. The average molecular weight is 610 g/mol. The summed E-state index contributed by atoms with van der Waals surface area (Å²) in [6.07, 6.45) is 2.32. The molecule has 11 nitrogen and oxygen atoms in total. The van der Waals surface area contributed by atoms with Crippen LogP contribution in [0.2, 0.25) is 0 Å². The molecule has 4 aromatic rings. The van der Waals surface area contributed by atoms with Gasteiger partial charge in [-0.05, 0) is 57.5 Å². The highest BCUT2D eigenvalue weighted by atomic mass is 32.2. The summed E-state index contributed by atoms with van der Waals surface area (Å²) in [5.41, 5.74) is 1.07. The number of nitrogens with zero attached hydrogens (tertiary/aromatic N) is 5. The predicted molar refractivity (Wildman–Crippen MR) is 158 cm³/mol. The molecule has 220 valence electrons. The van der Waals surface area contributed by atoms with Gasteiger partial charge >= 0.3 is 12.1 Å². The highest BCUT2D eigenvalue weighted by molar-refractivity contribution is 7.89. The highest BCUT2D eigenvalue weighted by Gasteiger charge is 2.29. The van der Waals surface area contributed by atoms with E-state index in [0.29, 0.717) is 5.69 Å². The number of carbonyl (C=O) groups excluding carboxylic acids is 1. The first kappa shape index (κ1) is 30.8. The summed E-state index contributed by atoms with van der Waals surface area (Å²) in [6.45, 7) is 6.12. The summed E-state index contributed by atoms with van der Waals surface area (Å²) in [4.78, 5) is 39.3. The van der Waals surface area contributed by atoms with E-state index in [1.54, 1.807) is 62.6 Å². The Balaban J connectivity index is 1.66. The SMILES string of the molecule is Cc1cnc(-c2ccc(CN(Cc3cccc(N(CC(=O)O)C(=O)OC(C)(C)C)n3)S(=O)(=O)c3ccccn3)cc2)s1. The van der Waals surface area contributed by atoms with Crippen molar-refractivity contribution in [2.75, 3.05) is 11.4 Å². The maximum Gasteiger partial charge on any atom is 0.416 e. The van der Waals surface area contributed by atoms with Gasteiger partial charge < -0.3 is 9.84 Å². The van der Waals surface area contributed by atoms with Gasteiger partial charge in [0.2, 0.25) is 0 Å². The van der Waals surface area contributed by atoms with Crippen molar-refractivity contribution in [1.82, 2.24) is 19.3 Å². The Morgan fingerprint density at radius 3 is 2.31 bits per heavy atom. The number of aliphatic carboxylic acids is 1. The largest absolute Gasteiger partial charge is 0.480 e. The molecule has 0 atom stereocenters. The van der Waals surface area contributed by atoms with Crippen molar-refractivity contribution in [3.05, 3.63) is 89.2 Å². The van der Waals surface area contributed by atoms with Gasteiger partial charge in [-0.1, -0.05) is 36.4 Å². The topological polar surface area (TPSA) is 143 Å². The Hall–Kier alpha value is -4.20. The van der Waals surface area contributed by atoms with Crippen LogP contribution < -0.4 is 4.90 Å². The second kappa shape index (κ2) is 12.8. The molecule has 3 aromatic heterocycles. The molecule has 0 fully saturated rings. The molecule has 0 saturated carbocycles. The fraction of sp³-hybridized carbons (Fsp3) is 0.276. The summed E-state index contributed by atoms with van der Waals surface area (Å²) in [7, 11) is -4.08. The molecule has 13 heteroatoms. The number of aromatic nitrogens is 3. The lowest BCUT2D eigenvalue weighted by molar-refractivity contribution is -0.135. The predicted octanol–water partition coefficient (Wildman–Crippen LogP) is 5.13. The van der Waals surface area contributed by atoms with E-state index in [9.17, 15) is 23.1 Å². The summed E-state index contributed by atoms with van der Waals surface area (Å²) in [5, 5.41) is 10.2. The molecule has 0 saturated heterocycles. The first-order chi connectivity index (χ1) is 19.8. The fourth-order valence-electron chi connectivity index (χ4n) is 3.88. The molecule has 42 heavy (non-hydrogen) atoms. The van der Waals surface area contributed by atoms with Crippen LogP contribution in [0.5, 0.6) is 0 Å². The minimum absolute atomic E-state index is 0.00684. The molecule has 1 aromatic carbocycles. The van der Waals surface area contributed by atoms with Crippen LogP contribution in [0.15, 0.2) is 78.1 Å². The zero-order chi connectivity index (χ0) is 30.5. The van der Waals surface area contributed by atoms with Crippen LogP contribution >= 0.6 is 11.3 Å². The van der Waals surface area contributed by atoms with Gasteiger partial charge in [0.1, 0.15) is 23.0 Å². The van der Waals surface area contributed by atoms with Crippen molar-refractivity contribution < 1.29 is 27.9 Å². The van der Waals surface area contributed by atoms with E-state index >= 15 is 0 Å². The first-order valence-electron chi connectivity index (χ1n) is 12.9. The van der Waals surface area contributed by atoms with Crippen molar-refractivity contribution in [3.8, 4) is 10.6 Å². The van der Waals surface area contributed by atoms with Gasteiger partial charge in [0, 0.05) is 29.4 Å². The van der Waals surface area contributed by atoms with Crippen molar-refractivity contribution in [2.45, 2.75) is 51.4 Å². The number of pyridine rings is 2. The monoisotopic (exact) mass is 609 g/mol. The molecule has 1 amide bonds. The summed E-state index contributed by atoms with van der Waals surface area (Å²) < 4.78 is 34.1. The van der Waals surface area contributed by atoms with Crippen molar-refractivity contribution in [1.29, 1.82) is 0 Å². The number of carboxylic acids is 1. The van der Waals surface area contributed by atoms with E-state index in [1.807, 2.05) is 31.2 Å². The number of hydrogen-bond donors (Lipinski definition) is 1. The van der Waals surface area contributed by atoms with Crippen molar-refractivity contribution in [2.24, 2.45) is 0 Å². The first-order valence-corrected chi connectivity index (χ1v) is 15.2. The van der Waals surface area contributed by atoms with Gasteiger partial charge in [-0.25, -0.2) is 28.2 Å². The molecule has 0 unspecified atom stereocenters. The van der Waals surface area contributed by atoms with Gasteiger partial charge in [0.15, 0.2) is 5.03 Å². The van der Waals surface area contributed by atoms with Crippen molar-refractivity contribution in [3.63, 3.8) is 0 Å². The van der Waals surface area contributed by atoms with Crippen LogP contribution in [0.25, 0.3) is 10.6 Å². The average Bonchev–Trinajstić information content (AvgIpc) is 3.37. The zero-order valence-corrected chi connectivity index (χ0v) is 25.2. The van der Waals surface area contributed by atoms with Crippen LogP contribution in [0.4, 0.5) is 10.6 Å². The smallest absolute Gasteiger partial charge is 0.416 e. The highest BCUT2D eigenvalue weighted by Crippen LogP contribution is 2.26. The Morgan fingerprint density at radius 2 is 1.71 bits per heavy atom. The molecule has 0 radical (unpaired) electrons.